The van der Waals surface area contributed by atoms with Gasteiger partial charge < -0.3 is 10.6 Å². The summed E-state index contributed by atoms with van der Waals surface area (Å²) in [7, 11) is 1.65. The largest absolute Gasteiger partial charge is 0.320 e. The van der Waals surface area contributed by atoms with Gasteiger partial charge >= 0.3 is 0 Å². The molecule has 6 heteroatoms. The molecule has 1 fully saturated rings. The number of amides is 1. The van der Waals surface area contributed by atoms with Crippen molar-refractivity contribution >= 4 is 25.1 Å². The first-order valence-electron chi connectivity index (χ1n) is 8.02. The van der Waals surface area contributed by atoms with Crippen LogP contribution < -0.4 is 10.6 Å². The lowest BCUT2D eigenvalue weighted by Crippen LogP contribution is -2.43. The van der Waals surface area contributed by atoms with Gasteiger partial charge in [0.1, 0.15) is 11.6 Å². The lowest BCUT2D eigenvalue weighted by molar-refractivity contribution is -0.119. The highest BCUT2D eigenvalue weighted by molar-refractivity contribution is 7.59. The summed E-state index contributed by atoms with van der Waals surface area (Å²) < 4.78 is 26.5. The lowest BCUT2D eigenvalue weighted by Gasteiger charge is -2.22. The number of nitrogens with zero attached hydrogens (tertiary/aromatic N) is 1. The van der Waals surface area contributed by atoms with Gasteiger partial charge in [-0.1, -0.05) is 12.1 Å². The van der Waals surface area contributed by atoms with Crippen LogP contribution in [-0.2, 0) is 11.2 Å². The molecule has 0 heterocycles. The highest BCUT2D eigenvalue weighted by Crippen LogP contribution is 2.40. The molecule has 0 unspecified atom stereocenters. The molecule has 3 rings (SSSR count). The van der Waals surface area contributed by atoms with Gasteiger partial charge in [-0.15, -0.1) is 0 Å². The Bertz CT molecular complexity index is 727. The molecule has 1 aliphatic rings. The number of rotatable bonds is 5. The molecule has 0 spiro atoms. The van der Waals surface area contributed by atoms with Gasteiger partial charge in [-0.05, 0) is 60.6 Å². The number of carbonyl (C=O) groups excluding carboxylic acids is 1. The number of halogens is 2. The van der Waals surface area contributed by atoms with Gasteiger partial charge in [-0.2, -0.15) is 13.5 Å². The van der Waals surface area contributed by atoms with E-state index in [-0.39, 0.29) is 25.8 Å². The fourth-order valence-corrected chi connectivity index (χ4v) is 2.83. The van der Waals surface area contributed by atoms with Gasteiger partial charge in [0.05, 0.1) is 6.04 Å². The average molecular weight is 364 g/mol. The van der Waals surface area contributed by atoms with Crippen LogP contribution in [-0.4, -0.2) is 19.0 Å². The van der Waals surface area contributed by atoms with Crippen molar-refractivity contribution in [3.63, 3.8) is 0 Å². The number of nitrogens with two attached hydrogens (primary N) is 1. The number of likely N-dealkylation sites (N-methyl/N-ethyl adjacent to an activating group) is 1. The van der Waals surface area contributed by atoms with Crippen molar-refractivity contribution in [1.82, 2.24) is 0 Å². The molecule has 0 aliphatic heterocycles. The van der Waals surface area contributed by atoms with Crippen molar-refractivity contribution in [1.29, 1.82) is 0 Å². The highest BCUT2D eigenvalue weighted by Gasteiger charge is 2.24. The SMILES string of the molecule is CN(C(=O)[C@@H](N)Cc1cc(F)cc(F)c1)c1ccc(C2CC2)cc1.S. The summed E-state index contributed by atoms with van der Waals surface area (Å²) in [5.74, 6) is -0.980. The third-order valence-corrected chi connectivity index (χ3v) is 4.35. The molecule has 3 nitrogen and oxygen atoms in total. The Labute approximate surface area is 153 Å². The van der Waals surface area contributed by atoms with E-state index in [0.29, 0.717) is 11.5 Å². The van der Waals surface area contributed by atoms with E-state index in [1.54, 1.807) is 7.05 Å². The van der Waals surface area contributed by atoms with Crippen molar-refractivity contribution in [2.75, 3.05) is 11.9 Å². The number of carbonyl (C=O) groups is 1. The molecule has 1 saturated carbocycles. The van der Waals surface area contributed by atoms with Crippen LogP contribution >= 0.6 is 13.5 Å². The van der Waals surface area contributed by atoms with E-state index in [2.05, 4.69) is 0 Å². The maximum atomic E-state index is 13.2. The second-order valence-corrected chi connectivity index (χ2v) is 6.35. The van der Waals surface area contributed by atoms with E-state index in [4.69, 9.17) is 5.73 Å². The minimum atomic E-state index is -0.862. The van der Waals surface area contributed by atoms with E-state index >= 15 is 0 Å². The van der Waals surface area contributed by atoms with Gasteiger partial charge in [-0.25, -0.2) is 8.78 Å². The zero-order valence-electron chi connectivity index (χ0n) is 14.0. The Kier molecular flexibility index (Phi) is 6.19. The summed E-state index contributed by atoms with van der Waals surface area (Å²) in [5.41, 5.74) is 8.35. The molecule has 1 aliphatic carbocycles. The number of hydrogen-bond donors (Lipinski definition) is 1. The Morgan fingerprint density at radius 1 is 1.16 bits per heavy atom. The Morgan fingerprint density at radius 3 is 2.24 bits per heavy atom. The minimum absolute atomic E-state index is 0. The number of benzene rings is 2. The topological polar surface area (TPSA) is 46.3 Å². The summed E-state index contributed by atoms with van der Waals surface area (Å²) >= 11 is 0. The third-order valence-electron chi connectivity index (χ3n) is 4.35. The standard InChI is InChI=1S/C19H20F2N2O.H2S/c1-23(17-6-4-14(5-7-17)13-2-3-13)19(24)18(22)10-12-8-15(20)11-16(21)9-12;/h4-9,11,13,18H,2-3,10,22H2,1H3;1H2/t18-;/m0./s1. The van der Waals surface area contributed by atoms with Gasteiger partial charge in [0.2, 0.25) is 5.91 Å². The van der Waals surface area contributed by atoms with Crippen LogP contribution in [0.5, 0.6) is 0 Å². The fourth-order valence-electron chi connectivity index (χ4n) is 2.83. The minimum Gasteiger partial charge on any atom is -0.320 e. The summed E-state index contributed by atoms with van der Waals surface area (Å²) in [6, 6.07) is 10.2. The molecule has 0 aromatic heterocycles. The summed E-state index contributed by atoms with van der Waals surface area (Å²) in [4.78, 5) is 13.9. The van der Waals surface area contributed by atoms with Crippen LogP contribution in [0.3, 0.4) is 0 Å². The zero-order valence-corrected chi connectivity index (χ0v) is 15.0. The van der Waals surface area contributed by atoms with E-state index in [0.717, 1.165) is 11.8 Å². The smallest absolute Gasteiger partial charge is 0.243 e. The molecule has 2 aromatic rings. The second kappa shape index (κ2) is 7.97. The Morgan fingerprint density at radius 2 is 1.72 bits per heavy atom. The van der Waals surface area contributed by atoms with Crippen LogP contribution in [0.4, 0.5) is 14.5 Å². The first kappa shape index (κ1) is 19.4. The molecular weight excluding hydrogens is 342 g/mol. The summed E-state index contributed by atoms with van der Waals surface area (Å²) in [5, 5.41) is 0. The van der Waals surface area contributed by atoms with Gasteiger partial charge in [0, 0.05) is 18.8 Å². The van der Waals surface area contributed by atoms with E-state index < -0.39 is 17.7 Å². The number of hydrogen-bond acceptors (Lipinski definition) is 2. The first-order chi connectivity index (χ1) is 11.4. The predicted octanol–water partition coefficient (Wildman–Crippen LogP) is 3.49. The zero-order chi connectivity index (χ0) is 17.3. The normalized spacial score (nSPS) is 14.6. The molecule has 0 radical (unpaired) electrons. The summed E-state index contributed by atoms with van der Waals surface area (Å²) in [6.07, 6.45) is 2.53. The van der Waals surface area contributed by atoms with Crippen LogP contribution in [0.2, 0.25) is 0 Å². The van der Waals surface area contributed by atoms with Crippen LogP contribution in [0, 0.1) is 11.6 Å². The Balaban J connectivity index is 0.00000225. The van der Waals surface area contributed by atoms with Crippen molar-refractivity contribution in [2.24, 2.45) is 5.73 Å². The molecule has 1 amide bonds. The lowest BCUT2D eigenvalue weighted by atomic mass is 10.0. The predicted molar refractivity (Wildman–Crippen MR) is 100 cm³/mol. The molecule has 2 aromatic carbocycles. The van der Waals surface area contributed by atoms with Gasteiger partial charge in [-0.3, -0.25) is 4.79 Å². The maximum Gasteiger partial charge on any atom is 0.243 e. The third kappa shape index (κ3) is 4.80. The second-order valence-electron chi connectivity index (χ2n) is 6.35. The molecule has 134 valence electrons. The monoisotopic (exact) mass is 364 g/mol. The molecule has 0 saturated heterocycles. The first-order valence-corrected chi connectivity index (χ1v) is 8.02. The van der Waals surface area contributed by atoms with Crippen LogP contribution in [0.15, 0.2) is 42.5 Å². The molecule has 2 N–H and O–H groups in total. The van der Waals surface area contributed by atoms with Crippen LogP contribution in [0.25, 0.3) is 0 Å². The van der Waals surface area contributed by atoms with Crippen molar-refractivity contribution < 1.29 is 13.6 Å². The molecule has 1 atom stereocenters. The average Bonchev–Trinajstić information content (AvgIpc) is 3.37. The number of anilines is 1. The highest BCUT2D eigenvalue weighted by atomic mass is 32.1. The maximum absolute atomic E-state index is 13.2. The van der Waals surface area contributed by atoms with E-state index in [9.17, 15) is 13.6 Å². The molecule has 25 heavy (non-hydrogen) atoms. The quantitative estimate of drug-likeness (QED) is 0.883. The van der Waals surface area contributed by atoms with Crippen molar-refractivity contribution in [3.8, 4) is 0 Å². The molecule has 0 bridgehead atoms. The van der Waals surface area contributed by atoms with E-state index in [1.807, 2.05) is 24.3 Å². The van der Waals surface area contributed by atoms with Gasteiger partial charge in [0.15, 0.2) is 0 Å². The van der Waals surface area contributed by atoms with Crippen molar-refractivity contribution in [2.45, 2.75) is 31.2 Å². The van der Waals surface area contributed by atoms with E-state index in [1.165, 1.54) is 35.4 Å². The van der Waals surface area contributed by atoms with Crippen molar-refractivity contribution in [3.05, 3.63) is 65.2 Å². The Hall–Kier alpha value is -1.92. The fraction of sp³-hybridized carbons (Fsp3) is 0.316. The van der Waals surface area contributed by atoms with Gasteiger partial charge in [0.25, 0.3) is 0 Å². The summed E-state index contributed by atoms with van der Waals surface area (Å²) in [6.45, 7) is 0. The molecular formula is C19H22F2N2OS. The van der Waals surface area contributed by atoms with Crippen LogP contribution in [0.1, 0.15) is 29.9 Å².